The molecule has 1 saturated heterocycles. The number of rotatable bonds is 7. The SMILES string of the molecule is CC1CN(Cc2ccc(NSc3ccc(N(C)c4ccc(F)cc4)nc3)cc2)CCN1. The van der Waals surface area contributed by atoms with E-state index in [0.717, 1.165) is 48.3 Å². The van der Waals surface area contributed by atoms with Crippen LogP contribution in [0.25, 0.3) is 0 Å². The van der Waals surface area contributed by atoms with Crippen LogP contribution in [0.1, 0.15) is 12.5 Å². The molecule has 4 rings (SSSR count). The molecular formula is C24H28FN5S. The standard InChI is InChI=1S/C24H28FN5S/c1-18-16-30(14-13-26-18)17-19-3-7-21(8-4-19)28-31-23-11-12-24(27-15-23)29(2)22-9-5-20(25)6-10-22/h3-12,15,18,26,28H,13-14,16-17H2,1-2H3. The first kappa shape index (κ1) is 21.6. The maximum atomic E-state index is 13.1. The molecule has 1 fully saturated rings. The van der Waals surface area contributed by atoms with E-state index in [4.69, 9.17) is 0 Å². The number of nitrogens with one attached hydrogen (secondary N) is 2. The van der Waals surface area contributed by atoms with Crippen LogP contribution in [0.3, 0.4) is 0 Å². The van der Waals surface area contributed by atoms with Gasteiger partial charge in [0.2, 0.25) is 0 Å². The molecular weight excluding hydrogens is 409 g/mol. The van der Waals surface area contributed by atoms with Gasteiger partial charge in [0, 0.05) is 61.7 Å². The Morgan fingerprint density at radius 1 is 1.13 bits per heavy atom. The van der Waals surface area contributed by atoms with Crippen molar-refractivity contribution in [2.45, 2.75) is 24.4 Å². The fourth-order valence-corrected chi connectivity index (χ4v) is 4.25. The molecule has 0 spiro atoms. The Labute approximate surface area is 187 Å². The molecule has 0 amide bonds. The van der Waals surface area contributed by atoms with E-state index < -0.39 is 0 Å². The van der Waals surface area contributed by atoms with Crippen molar-refractivity contribution in [1.29, 1.82) is 0 Å². The van der Waals surface area contributed by atoms with Crippen molar-refractivity contribution in [1.82, 2.24) is 15.2 Å². The predicted molar refractivity (Wildman–Crippen MR) is 127 cm³/mol. The second-order valence-electron chi connectivity index (χ2n) is 7.88. The van der Waals surface area contributed by atoms with Gasteiger partial charge in [-0.3, -0.25) is 4.90 Å². The van der Waals surface area contributed by atoms with Crippen molar-refractivity contribution < 1.29 is 4.39 Å². The molecule has 0 radical (unpaired) electrons. The van der Waals surface area contributed by atoms with Gasteiger partial charge in [0.1, 0.15) is 11.6 Å². The minimum atomic E-state index is -0.241. The Kier molecular flexibility index (Phi) is 7.06. The maximum Gasteiger partial charge on any atom is 0.132 e. The molecule has 1 aliphatic rings. The minimum absolute atomic E-state index is 0.241. The maximum absolute atomic E-state index is 13.1. The van der Waals surface area contributed by atoms with Crippen LogP contribution >= 0.6 is 11.9 Å². The summed E-state index contributed by atoms with van der Waals surface area (Å²) in [5.74, 6) is 0.567. The molecule has 3 aromatic rings. The molecule has 1 aromatic heterocycles. The van der Waals surface area contributed by atoms with Crippen LogP contribution in [0.2, 0.25) is 0 Å². The molecule has 2 heterocycles. The van der Waals surface area contributed by atoms with E-state index in [-0.39, 0.29) is 5.82 Å². The number of hydrogen-bond donors (Lipinski definition) is 2. The Bertz CT molecular complexity index is 963. The van der Waals surface area contributed by atoms with E-state index in [1.165, 1.54) is 29.6 Å². The quantitative estimate of drug-likeness (QED) is 0.513. The number of aromatic nitrogens is 1. The van der Waals surface area contributed by atoms with Crippen LogP contribution in [0.15, 0.2) is 71.8 Å². The summed E-state index contributed by atoms with van der Waals surface area (Å²) in [5.41, 5.74) is 3.29. The zero-order valence-corrected chi connectivity index (χ0v) is 18.7. The summed E-state index contributed by atoms with van der Waals surface area (Å²) >= 11 is 1.53. The van der Waals surface area contributed by atoms with Crippen molar-refractivity contribution in [2.24, 2.45) is 0 Å². The second kappa shape index (κ2) is 10.1. The number of hydrogen-bond acceptors (Lipinski definition) is 6. The first-order chi connectivity index (χ1) is 15.1. The van der Waals surface area contributed by atoms with E-state index in [1.54, 1.807) is 12.1 Å². The third-order valence-corrected chi connectivity index (χ3v) is 6.19. The molecule has 0 saturated carbocycles. The lowest BCUT2D eigenvalue weighted by Gasteiger charge is -2.31. The first-order valence-corrected chi connectivity index (χ1v) is 11.3. The van der Waals surface area contributed by atoms with Crippen LogP contribution in [0, 0.1) is 5.82 Å². The van der Waals surface area contributed by atoms with Gasteiger partial charge >= 0.3 is 0 Å². The molecule has 5 nitrogen and oxygen atoms in total. The molecule has 1 atom stereocenters. The van der Waals surface area contributed by atoms with Crippen LogP contribution < -0.4 is 14.9 Å². The minimum Gasteiger partial charge on any atom is -0.329 e. The van der Waals surface area contributed by atoms with Gasteiger partial charge in [-0.25, -0.2) is 9.37 Å². The number of benzene rings is 2. The average Bonchev–Trinajstić information content (AvgIpc) is 2.79. The van der Waals surface area contributed by atoms with Crippen LogP contribution in [0.5, 0.6) is 0 Å². The largest absolute Gasteiger partial charge is 0.329 e. The molecule has 2 N–H and O–H groups in total. The molecule has 2 aromatic carbocycles. The third-order valence-electron chi connectivity index (χ3n) is 5.38. The molecule has 162 valence electrons. The van der Waals surface area contributed by atoms with Gasteiger partial charge in [0.25, 0.3) is 0 Å². The van der Waals surface area contributed by atoms with Gasteiger partial charge in [0.05, 0.1) is 0 Å². The van der Waals surface area contributed by atoms with Crippen molar-refractivity contribution >= 4 is 29.1 Å². The van der Waals surface area contributed by atoms with Gasteiger partial charge < -0.3 is 14.9 Å². The van der Waals surface area contributed by atoms with Crippen molar-refractivity contribution in [2.75, 3.05) is 36.3 Å². The zero-order valence-electron chi connectivity index (χ0n) is 17.9. The Balaban J connectivity index is 1.29. The number of nitrogens with zero attached hydrogens (tertiary/aromatic N) is 3. The smallest absolute Gasteiger partial charge is 0.132 e. The number of piperazine rings is 1. The van der Waals surface area contributed by atoms with Crippen molar-refractivity contribution in [3.63, 3.8) is 0 Å². The summed E-state index contributed by atoms with van der Waals surface area (Å²) < 4.78 is 16.5. The summed E-state index contributed by atoms with van der Waals surface area (Å²) in [6, 6.07) is 19.6. The molecule has 1 aliphatic heterocycles. The number of halogens is 1. The molecule has 7 heteroatoms. The van der Waals surface area contributed by atoms with Crippen molar-refractivity contribution in [3.05, 3.63) is 78.2 Å². The lowest BCUT2D eigenvalue weighted by molar-refractivity contribution is 0.199. The highest BCUT2D eigenvalue weighted by molar-refractivity contribution is 8.00. The summed E-state index contributed by atoms with van der Waals surface area (Å²) in [6.07, 6.45) is 1.84. The normalized spacial score (nSPS) is 16.8. The molecule has 31 heavy (non-hydrogen) atoms. The lowest BCUT2D eigenvalue weighted by atomic mass is 10.1. The van der Waals surface area contributed by atoms with E-state index >= 15 is 0 Å². The monoisotopic (exact) mass is 437 g/mol. The Morgan fingerprint density at radius 2 is 1.90 bits per heavy atom. The number of pyridine rings is 1. The van der Waals surface area contributed by atoms with Crippen molar-refractivity contribution in [3.8, 4) is 0 Å². The van der Waals surface area contributed by atoms with Crippen LogP contribution in [-0.4, -0.2) is 42.6 Å². The average molecular weight is 438 g/mol. The van der Waals surface area contributed by atoms with Crippen LogP contribution in [-0.2, 0) is 6.54 Å². The summed E-state index contributed by atoms with van der Waals surface area (Å²) in [7, 11) is 1.92. The Hall–Kier alpha value is -2.61. The highest BCUT2D eigenvalue weighted by Gasteiger charge is 2.15. The highest BCUT2D eigenvalue weighted by atomic mass is 32.2. The topological polar surface area (TPSA) is 43.4 Å². The van der Waals surface area contributed by atoms with E-state index in [1.807, 2.05) is 30.3 Å². The van der Waals surface area contributed by atoms with E-state index in [2.05, 4.69) is 51.1 Å². The van der Waals surface area contributed by atoms with Gasteiger partial charge in [-0.1, -0.05) is 12.1 Å². The molecule has 1 unspecified atom stereocenters. The third kappa shape index (κ3) is 5.97. The molecule has 0 aliphatic carbocycles. The fraction of sp³-hybridized carbons (Fsp3) is 0.292. The second-order valence-corrected chi connectivity index (χ2v) is 8.76. The lowest BCUT2D eigenvalue weighted by Crippen LogP contribution is -2.48. The van der Waals surface area contributed by atoms with Gasteiger partial charge in [0.15, 0.2) is 0 Å². The summed E-state index contributed by atoms with van der Waals surface area (Å²) in [6.45, 7) is 6.48. The van der Waals surface area contributed by atoms with Gasteiger partial charge in [-0.05, 0) is 73.0 Å². The van der Waals surface area contributed by atoms with Gasteiger partial charge in [-0.15, -0.1) is 0 Å². The van der Waals surface area contributed by atoms with E-state index in [0.29, 0.717) is 6.04 Å². The first-order valence-electron chi connectivity index (χ1n) is 10.5. The zero-order chi connectivity index (χ0) is 21.6. The summed E-state index contributed by atoms with van der Waals surface area (Å²) in [4.78, 5) is 9.98. The van der Waals surface area contributed by atoms with Crippen LogP contribution in [0.4, 0.5) is 21.6 Å². The van der Waals surface area contributed by atoms with E-state index in [9.17, 15) is 4.39 Å². The Morgan fingerprint density at radius 3 is 2.58 bits per heavy atom. The van der Waals surface area contributed by atoms with Gasteiger partial charge in [-0.2, -0.15) is 0 Å². The highest BCUT2D eigenvalue weighted by Crippen LogP contribution is 2.25. The number of anilines is 3. The predicted octanol–water partition coefficient (Wildman–Crippen LogP) is 4.90. The fourth-order valence-electron chi connectivity index (χ4n) is 3.64. The molecule has 0 bridgehead atoms. The summed E-state index contributed by atoms with van der Waals surface area (Å²) in [5, 5.41) is 3.48.